The molecule has 0 aliphatic rings. The van der Waals surface area contributed by atoms with Crippen molar-refractivity contribution in [3.8, 4) is 0 Å². The van der Waals surface area contributed by atoms with Crippen molar-refractivity contribution in [2.75, 3.05) is 47.5 Å². The zero-order valence-electron chi connectivity index (χ0n) is 35.2. The summed E-state index contributed by atoms with van der Waals surface area (Å²) in [5.74, 6) is -0.870. The molecule has 0 aromatic heterocycles. The highest BCUT2D eigenvalue weighted by molar-refractivity contribution is 7.45. The van der Waals surface area contributed by atoms with Crippen LogP contribution in [0.5, 0.6) is 0 Å². The van der Waals surface area contributed by atoms with Crippen LogP contribution in [-0.4, -0.2) is 70.0 Å². The molecule has 10 heteroatoms. The number of hydrogen-bond donors (Lipinski definition) is 0. The molecule has 0 aromatic rings. The smallest absolute Gasteiger partial charge is 0.306 e. The van der Waals surface area contributed by atoms with Crippen LogP contribution >= 0.6 is 7.82 Å². The van der Waals surface area contributed by atoms with E-state index in [0.29, 0.717) is 23.9 Å². The number of carbonyl (C=O) groups is 2. The van der Waals surface area contributed by atoms with Crippen LogP contribution in [0.25, 0.3) is 0 Å². The first kappa shape index (κ1) is 52.0. The maximum absolute atomic E-state index is 12.6. The van der Waals surface area contributed by atoms with Crippen LogP contribution in [0, 0.1) is 0 Å². The summed E-state index contributed by atoms with van der Waals surface area (Å²) in [5.41, 5.74) is 0. The lowest BCUT2D eigenvalue weighted by molar-refractivity contribution is -0.870. The lowest BCUT2D eigenvalue weighted by Crippen LogP contribution is -2.37. The van der Waals surface area contributed by atoms with Gasteiger partial charge >= 0.3 is 11.9 Å². The molecule has 1 unspecified atom stereocenters. The Morgan fingerprint density at radius 3 is 1.46 bits per heavy atom. The zero-order chi connectivity index (χ0) is 40.0. The molecule has 0 amide bonds. The Morgan fingerprint density at radius 2 is 1.00 bits per heavy atom. The Morgan fingerprint density at radius 1 is 0.574 bits per heavy atom. The Balaban J connectivity index is 4.44. The monoisotopic (exact) mass is 782 g/mol. The summed E-state index contributed by atoms with van der Waals surface area (Å²) in [7, 11) is 1.14. The van der Waals surface area contributed by atoms with Crippen molar-refractivity contribution >= 4 is 19.8 Å². The van der Waals surface area contributed by atoms with E-state index in [0.717, 1.165) is 77.0 Å². The number of unbranched alkanes of at least 4 members (excludes halogenated alkanes) is 16. The number of rotatable bonds is 38. The maximum Gasteiger partial charge on any atom is 0.306 e. The molecule has 0 fully saturated rings. The average molecular weight is 782 g/mol. The van der Waals surface area contributed by atoms with Gasteiger partial charge in [0.1, 0.15) is 19.8 Å². The van der Waals surface area contributed by atoms with E-state index in [1.807, 2.05) is 21.1 Å². The van der Waals surface area contributed by atoms with E-state index in [-0.39, 0.29) is 26.1 Å². The standard InChI is InChI=1S/C44H80NO8P/c1-6-8-10-12-14-16-18-20-22-24-26-28-30-32-34-36-43(46)50-40-42(41-52-54(48,49)51-39-38-45(3,4)5)53-44(47)37-35-33-31-29-27-25-23-21-19-17-15-13-11-9-7-2/h14-17,20-23,42H,6-13,18-19,24-41H2,1-5H3/b16-14+,17-15+,22-20+,23-21+/t42-/m1/s1. The number of hydrogen-bond acceptors (Lipinski definition) is 8. The third-order valence-electron chi connectivity index (χ3n) is 8.82. The summed E-state index contributed by atoms with van der Waals surface area (Å²) in [6, 6.07) is 0. The number of esters is 2. The first-order valence-corrected chi connectivity index (χ1v) is 22.8. The number of ether oxygens (including phenoxy) is 2. The second-order valence-corrected chi connectivity index (χ2v) is 16.8. The summed E-state index contributed by atoms with van der Waals surface area (Å²) in [4.78, 5) is 37.5. The summed E-state index contributed by atoms with van der Waals surface area (Å²) in [6.07, 6.45) is 41.3. The third-order valence-corrected chi connectivity index (χ3v) is 9.79. The molecule has 0 spiro atoms. The van der Waals surface area contributed by atoms with E-state index in [4.69, 9.17) is 18.5 Å². The quantitative estimate of drug-likeness (QED) is 0.0200. The predicted molar refractivity (Wildman–Crippen MR) is 222 cm³/mol. The molecule has 0 saturated carbocycles. The largest absolute Gasteiger partial charge is 0.756 e. The highest BCUT2D eigenvalue weighted by Gasteiger charge is 2.21. The van der Waals surface area contributed by atoms with Crippen molar-refractivity contribution in [1.82, 2.24) is 0 Å². The van der Waals surface area contributed by atoms with Crippen LogP contribution in [0.3, 0.4) is 0 Å². The average Bonchev–Trinajstić information content (AvgIpc) is 3.12. The Labute approximate surface area is 331 Å². The molecule has 0 aromatic carbocycles. The minimum Gasteiger partial charge on any atom is -0.756 e. The van der Waals surface area contributed by atoms with E-state index in [2.05, 4.69) is 62.5 Å². The van der Waals surface area contributed by atoms with Crippen LogP contribution < -0.4 is 4.89 Å². The summed E-state index contributed by atoms with van der Waals surface area (Å²) >= 11 is 0. The van der Waals surface area contributed by atoms with Gasteiger partial charge in [-0.3, -0.25) is 14.2 Å². The van der Waals surface area contributed by atoms with Crippen molar-refractivity contribution in [3.63, 3.8) is 0 Å². The lowest BCUT2D eigenvalue weighted by Gasteiger charge is -2.28. The molecule has 0 bridgehead atoms. The van der Waals surface area contributed by atoms with Crippen molar-refractivity contribution in [1.29, 1.82) is 0 Å². The molecule has 9 nitrogen and oxygen atoms in total. The molecule has 0 aliphatic heterocycles. The summed E-state index contributed by atoms with van der Waals surface area (Å²) in [5, 5.41) is 0. The lowest BCUT2D eigenvalue weighted by atomic mass is 10.1. The molecule has 0 N–H and O–H groups in total. The molecule has 0 aliphatic carbocycles. The van der Waals surface area contributed by atoms with Crippen LogP contribution in [0.1, 0.15) is 168 Å². The van der Waals surface area contributed by atoms with E-state index in [9.17, 15) is 19.0 Å². The highest BCUT2D eigenvalue weighted by atomic mass is 31.2. The van der Waals surface area contributed by atoms with Crippen LogP contribution in [-0.2, 0) is 32.7 Å². The van der Waals surface area contributed by atoms with Gasteiger partial charge in [0.25, 0.3) is 7.82 Å². The van der Waals surface area contributed by atoms with Gasteiger partial charge in [0.2, 0.25) is 0 Å². The fraction of sp³-hybridized carbons (Fsp3) is 0.773. The van der Waals surface area contributed by atoms with Gasteiger partial charge in [-0.2, -0.15) is 0 Å². The van der Waals surface area contributed by atoms with Crippen LogP contribution in [0.4, 0.5) is 0 Å². The number of phosphoric ester groups is 1. The van der Waals surface area contributed by atoms with Gasteiger partial charge in [-0.15, -0.1) is 0 Å². The molecule has 0 radical (unpaired) electrons. The number of phosphoric acid groups is 1. The van der Waals surface area contributed by atoms with E-state index in [1.165, 1.54) is 51.4 Å². The molecule has 0 heterocycles. The van der Waals surface area contributed by atoms with Crippen LogP contribution in [0.15, 0.2) is 48.6 Å². The molecular weight excluding hydrogens is 701 g/mol. The van der Waals surface area contributed by atoms with Gasteiger partial charge in [0.05, 0.1) is 27.7 Å². The fourth-order valence-electron chi connectivity index (χ4n) is 5.42. The fourth-order valence-corrected chi connectivity index (χ4v) is 6.15. The first-order chi connectivity index (χ1) is 26.0. The molecule has 0 rings (SSSR count). The van der Waals surface area contributed by atoms with Gasteiger partial charge < -0.3 is 27.9 Å². The van der Waals surface area contributed by atoms with Crippen molar-refractivity contribution in [2.45, 2.75) is 174 Å². The summed E-state index contributed by atoms with van der Waals surface area (Å²) < 4.78 is 33.8. The molecule has 2 atom stereocenters. The predicted octanol–water partition coefficient (Wildman–Crippen LogP) is 11.3. The normalized spacial score (nSPS) is 14.1. The second-order valence-electron chi connectivity index (χ2n) is 15.3. The van der Waals surface area contributed by atoms with Crippen LogP contribution in [0.2, 0.25) is 0 Å². The number of quaternary nitrogens is 1. The number of nitrogens with zero attached hydrogens (tertiary/aromatic N) is 1. The van der Waals surface area contributed by atoms with Gasteiger partial charge in [-0.05, 0) is 77.0 Å². The molecule has 54 heavy (non-hydrogen) atoms. The second kappa shape index (κ2) is 36.6. The number of likely N-dealkylation sites (N-methyl/N-ethyl adjacent to an activating group) is 1. The molecule has 314 valence electrons. The highest BCUT2D eigenvalue weighted by Crippen LogP contribution is 2.38. The summed E-state index contributed by atoms with van der Waals surface area (Å²) in [6.45, 7) is 4.13. The minimum absolute atomic E-state index is 0.0376. The third kappa shape index (κ3) is 39.7. The van der Waals surface area contributed by atoms with E-state index >= 15 is 0 Å². The Hall–Kier alpha value is -2.03. The minimum atomic E-state index is -4.63. The van der Waals surface area contributed by atoms with Gasteiger partial charge in [0, 0.05) is 12.8 Å². The van der Waals surface area contributed by atoms with Crippen molar-refractivity contribution < 1.29 is 42.1 Å². The zero-order valence-corrected chi connectivity index (χ0v) is 36.0. The van der Waals surface area contributed by atoms with E-state index < -0.39 is 32.5 Å². The maximum atomic E-state index is 12.6. The van der Waals surface area contributed by atoms with Crippen molar-refractivity contribution in [3.05, 3.63) is 48.6 Å². The Kier molecular flexibility index (Phi) is 35.2. The van der Waals surface area contributed by atoms with Crippen molar-refractivity contribution in [2.24, 2.45) is 0 Å². The van der Waals surface area contributed by atoms with Gasteiger partial charge in [-0.1, -0.05) is 127 Å². The topological polar surface area (TPSA) is 111 Å². The number of allylic oxidation sites excluding steroid dienone is 8. The molecular formula is C44H80NO8P. The van der Waals surface area contributed by atoms with Gasteiger partial charge in [-0.25, -0.2) is 0 Å². The first-order valence-electron chi connectivity index (χ1n) is 21.3. The Bertz CT molecular complexity index is 1070. The SMILES string of the molecule is CCCCC/C=C/C/C=C/CCCCCCCC(=O)OC[C@H](COP(=O)([O-])OCC[N+](C)(C)C)OC(=O)CCCCCCC/C=C/C/C=C/CCCCC. The van der Waals surface area contributed by atoms with E-state index in [1.54, 1.807) is 0 Å². The molecule has 0 saturated heterocycles. The van der Waals surface area contributed by atoms with Gasteiger partial charge in [0.15, 0.2) is 6.10 Å². The number of carbonyl (C=O) groups excluding carboxylic acids is 2.